The first-order valence-electron chi connectivity index (χ1n) is 4.85. The van der Waals surface area contributed by atoms with Gasteiger partial charge >= 0.3 is 0 Å². The summed E-state index contributed by atoms with van der Waals surface area (Å²) in [6.45, 7) is 8.48. The molecule has 78 valence electrons. The molecule has 0 aromatic carbocycles. The van der Waals surface area contributed by atoms with Gasteiger partial charge in [0.25, 0.3) is 0 Å². The average Bonchev–Trinajstić information content (AvgIpc) is 2.05. The molecule has 1 amide bonds. The van der Waals surface area contributed by atoms with Crippen molar-refractivity contribution in [2.75, 3.05) is 13.7 Å². The van der Waals surface area contributed by atoms with Gasteiger partial charge < -0.3 is 9.64 Å². The molecule has 0 atom stereocenters. The van der Waals surface area contributed by atoms with Crippen LogP contribution in [0.1, 0.15) is 40.5 Å². The number of carbonyl (C=O) groups excluding carboxylic acids is 1. The van der Waals surface area contributed by atoms with Gasteiger partial charge in [-0.3, -0.25) is 4.79 Å². The molecular formula is C10H21NO2. The second-order valence-corrected chi connectivity index (χ2v) is 3.54. The van der Waals surface area contributed by atoms with E-state index in [1.54, 1.807) is 12.0 Å². The molecule has 0 rings (SSSR count). The number of amides is 1. The predicted octanol–water partition coefficient (Wildman–Crippen LogP) is 2.02. The molecule has 0 spiro atoms. The summed E-state index contributed by atoms with van der Waals surface area (Å²) in [6.07, 6.45) is 1.48. The molecule has 3 nitrogen and oxygen atoms in total. The Kier molecular flexibility index (Phi) is 4.99. The summed E-state index contributed by atoms with van der Waals surface area (Å²) in [5, 5.41) is 0. The normalized spacial score (nSPS) is 11.5. The highest BCUT2D eigenvalue weighted by Crippen LogP contribution is 2.16. The Morgan fingerprint density at radius 2 is 1.92 bits per heavy atom. The van der Waals surface area contributed by atoms with Crippen LogP contribution in [0.3, 0.4) is 0 Å². The first-order chi connectivity index (χ1) is 5.99. The smallest absolute Gasteiger partial charge is 0.224 e. The molecule has 0 bridgehead atoms. The van der Waals surface area contributed by atoms with Crippen LogP contribution in [0.2, 0.25) is 0 Å². The summed E-state index contributed by atoms with van der Waals surface area (Å²) in [6, 6.07) is 0. The maximum absolute atomic E-state index is 11.6. The van der Waals surface area contributed by atoms with Crippen molar-refractivity contribution in [1.29, 1.82) is 0 Å². The molecule has 0 aliphatic carbocycles. The maximum Gasteiger partial charge on any atom is 0.224 e. The Morgan fingerprint density at radius 1 is 1.38 bits per heavy atom. The van der Waals surface area contributed by atoms with Crippen molar-refractivity contribution in [3.8, 4) is 0 Å². The summed E-state index contributed by atoms with van der Waals surface area (Å²) in [5.74, 6) is 0.164. The van der Waals surface area contributed by atoms with E-state index in [0.29, 0.717) is 13.0 Å². The summed E-state index contributed by atoms with van der Waals surface area (Å²) < 4.78 is 5.26. The molecule has 13 heavy (non-hydrogen) atoms. The van der Waals surface area contributed by atoms with Crippen molar-refractivity contribution in [2.45, 2.75) is 46.3 Å². The second-order valence-electron chi connectivity index (χ2n) is 3.54. The van der Waals surface area contributed by atoms with Gasteiger partial charge in [0.2, 0.25) is 5.91 Å². The Bertz CT molecular complexity index is 166. The third kappa shape index (κ3) is 3.35. The van der Waals surface area contributed by atoms with Gasteiger partial charge in [-0.05, 0) is 27.2 Å². The number of hydrogen-bond acceptors (Lipinski definition) is 2. The van der Waals surface area contributed by atoms with Crippen molar-refractivity contribution >= 4 is 5.91 Å². The fraction of sp³-hybridized carbons (Fsp3) is 0.900. The lowest BCUT2D eigenvalue weighted by Crippen LogP contribution is -2.48. The monoisotopic (exact) mass is 187 g/mol. The first kappa shape index (κ1) is 12.4. The van der Waals surface area contributed by atoms with Crippen molar-refractivity contribution in [3.05, 3.63) is 0 Å². The fourth-order valence-electron chi connectivity index (χ4n) is 1.32. The van der Waals surface area contributed by atoms with E-state index in [0.717, 1.165) is 6.42 Å². The van der Waals surface area contributed by atoms with Gasteiger partial charge in [0.1, 0.15) is 5.72 Å². The van der Waals surface area contributed by atoms with Gasteiger partial charge in [0, 0.05) is 20.1 Å². The van der Waals surface area contributed by atoms with Crippen LogP contribution in [0.25, 0.3) is 0 Å². The minimum absolute atomic E-state index is 0.164. The summed E-state index contributed by atoms with van der Waals surface area (Å²) in [4.78, 5) is 13.4. The van der Waals surface area contributed by atoms with E-state index in [9.17, 15) is 4.79 Å². The summed E-state index contributed by atoms with van der Waals surface area (Å²) in [7, 11) is 1.63. The van der Waals surface area contributed by atoms with Crippen LogP contribution >= 0.6 is 0 Å². The molecule has 0 saturated carbocycles. The molecule has 3 heteroatoms. The Hall–Kier alpha value is -0.570. The Labute approximate surface area is 81.1 Å². The van der Waals surface area contributed by atoms with Crippen molar-refractivity contribution in [2.24, 2.45) is 0 Å². The SMILES string of the molecule is CCCC(=O)N(CC)C(C)(C)OC. The van der Waals surface area contributed by atoms with E-state index >= 15 is 0 Å². The van der Waals surface area contributed by atoms with Crippen LogP contribution in [0, 0.1) is 0 Å². The van der Waals surface area contributed by atoms with E-state index in [2.05, 4.69) is 0 Å². The minimum atomic E-state index is -0.485. The van der Waals surface area contributed by atoms with Gasteiger partial charge in [0.05, 0.1) is 0 Å². The van der Waals surface area contributed by atoms with E-state index in [4.69, 9.17) is 4.74 Å². The maximum atomic E-state index is 11.6. The quantitative estimate of drug-likeness (QED) is 0.616. The minimum Gasteiger partial charge on any atom is -0.359 e. The number of rotatable bonds is 5. The molecule has 0 aliphatic heterocycles. The molecule has 0 aliphatic rings. The van der Waals surface area contributed by atoms with E-state index < -0.39 is 5.72 Å². The summed E-state index contributed by atoms with van der Waals surface area (Å²) in [5.41, 5.74) is -0.485. The number of hydrogen-bond donors (Lipinski definition) is 0. The molecule has 0 saturated heterocycles. The lowest BCUT2D eigenvalue weighted by Gasteiger charge is -2.36. The number of carbonyl (C=O) groups is 1. The molecule has 0 aromatic rings. The van der Waals surface area contributed by atoms with Gasteiger partial charge in [-0.25, -0.2) is 0 Å². The van der Waals surface area contributed by atoms with Crippen molar-refractivity contribution in [3.63, 3.8) is 0 Å². The highest BCUT2D eigenvalue weighted by atomic mass is 16.5. The van der Waals surface area contributed by atoms with E-state index in [1.807, 2.05) is 27.7 Å². The van der Waals surface area contributed by atoms with Crippen LogP contribution in [-0.4, -0.2) is 30.2 Å². The van der Waals surface area contributed by atoms with E-state index in [-0.39, 0.29) is 5.91 Å². The van der Waals surface area contributed by atoms with Crippen LogP contribution in [0.15, 0.2) is 0 Å². The largest absolute Gasteiger partial charge is 0.359 e. The van der Waals surface area contributed by atoms with Crippen molar-refractivity contribution < 1.29 is 9.53 Å². The molecular weight excluding hydrogens is 166 g/mol. The van der Waals surface area contributed by atoms with E-state index in [1.165, 1.54) is 0 Å². The van der Waals surface area contributed by atoms with Crippen LogP contribution in [0.4, 0.5) is 0 Å². The van der Waals surface area contributed by atoms with Gasteiger partial charge in [-0.15, -0.1) is 0 Å². The number of ether oxygens (including phenoxy) is 1. The molecule has 0 N–H and O–H groups in total. The highest BCUT2D eigenvalue weighted by Gasteiger charge is 2.28. The van der Waals surface area contributed by atoms with Crippen LogP contribution < -0.4 is 0 Å². The number of methoxy groups -OCH3 is 1. The molecule has 0 radical (unpaired) electrons. The molecule has 0 unspecified atom stereocenters. The topological polar surface area (TPSA) is 29.5 Å². The lowest BCUT2D eigenvalue weighted by atomic mass is 10.2. The Balaban J connectivity index is 4.40. The molecule has 0 fully saturated rings. The summed E-state index contributed by atoms with van der Waals surface area (Å²) >= 11 is 0. The van der Waals surface area contributed by atoms with Crippen molar-refractivity contribution in [1.82, 2.24) is 4.90 Å². The van der Waals surface area contributed by atoms with Gasteiger partial charge in [0.15, 0.2) is 0 Å². The predicted molar refractivity (Wildman–Crippen MR) is 53.4 cm³/mol. The first-order valence-corrected chi connectivity index (χ1v) is 4.85. The fourth-order valence-corrected chi connectivity index (χ4v) is 1.32. The zero-order valence-electron chi connectivity index (χ0n) is 9.39. The average molecular weight is 187 g/mol. The van der Waals surface area contributed by atoms with Crippen LogP contribution in [0.5, 0.6) is 0 Å². The van der Waals surface area contributed by atoms with Gasteiger partial charge in [-0.1, -0.05) is 6.92 Å². The second kappa shape index (κ2) is 5.22. The third-order valence-electron chi connectivity index (χ3n) is 2.23. The number of nitrogens with zero attached hydrogens (tertiary/aromatic N) is 1. The zero-order valence-corrected chi connectivity index (χ0v) is 9.39. The standard InChI is InChI=1S/C10H21NO2/c1-6-8-9(12)11(7-2)10(3,4)13-5/h6-8H2,1-5H3. The third-order valence-corrected chi connectivity index (χ3v) is 2.23. The lowest BCUT2D eigenvalue weighted by molar-refractivity contribution is -0.158. The zero-order chi connectivity index (χ0) is 10.5. The van der Waals surface area contributed by atoms with Crippen LogP contribution in [-0.2, 0) is 9.53 Å². The molecule has 0 aromatic heterocycles. The van der Waals surface area contributed by atoms with Gasteiger partial charge in [-0.2, -0.15) is 0 Å². The highest BCUT2D eigenvalue weighted by molar-refractivity contribution is 5.76. The molecule has 0 heterocycles. The Morgan fingerprint density at radius 3 is 2.23 bits per heavy atom.